The Hall–Kier alpha value is 0.970. The van der Waals surface area contributed by atoms with Gasteiger partial charge in [-0.25, -0.2) is 0 Å². The first-order chi connectivity index (χ1) is 6.73. The van der Waals surface area contributed by atoms with Crippen molar-refractivity contribution < 1.29 is 0 Å². The summed E-state index contributed by atoms with van der Waals surface area (Å²) >= 11 is 36.6. The zero-order valence-electron chi connectivity index (χ0n) is 7.00. The summed E-state index contributed by atoms with van der Waals surface area (Å²) in [7, 11) is 0. The van der Waals surface area contributed by atoms with Gasteiger partial charge in [-0.2, -0.15) is 5.26 Å². The molecule has 1 fully saturated rings. The fourth-order valence-electron chi connectivity index (χ4n) is 2.04. The van der Waals surface area contributed by atoms with Gasteiger partial charge in [-0.05, 0) is 6.42 Å². The third-order valence-electron chi connectivity index (χ3n) is 2.94. The smallest absolute Gasteiger partial charge is 0.167 e. The van der Waals surface area contributed by atoms with Crippen LogP contribution in [0.25, 0.3) is 0 Å². The van der Waals surface area contributed by atoms with Gasteiger partial charge >= 0.3 is 0 Å². The second kappa shape index (κ2) is 3.25. The number of rotatable bonds is 0. The first kappa shape index (κ1) is 12.4. The van der Waals surface area contributed by atoms with Crippen LogP contribution < -0.4 is 0 Å². The minimum atomic E-state index is -1.57. The highest BCUT2D eigenvalue weighted by Crippen LogP contribution is 2.73. The van der Waals surface area contributed by atoms with Crippen molar-refractivity contribution >= 4 is 69.6 Å². The van der Waals surface area contributed by atoms with Crippen LogP contribution in [-0.4, -0.2) is 14.1 Å². The zero-order chi connectivity index (χ0) is 11.6. The third kappa shape index (κ3) is 1.09. The highest BCUT2D eigenvalue weighted by Gasteiger charge is 2.78. The molecule has 1 nitrogen and oxygen atoms in total. The summed E-state index contributed by atoms with van der Waals surface area (Å²) in [4.78, 5) is -2.68. The summed E-state index contributed by atoms with van der Waals surface area (Å²) in [6, 6.07) is 2.01. The van der Waals surface area contributed by atoms with Crippen LogP contribution >= 0.6 is 69.6 Å². The second-order valence-electron chi connectivity index (χ2n) is 3.60. The Morgan fingerprint density at radius 1 is 1.13 bits per heavy atom. The van der Waals surface area contributed by atoms with Crippen LogP contribution in [0.4, 0.5) is 0 Å². The molecular weight excluding hydrogens is 323 g/mol. The van der Waals surface area contributed by atoms with E-state index in [1.807, 2.05) is 6.07 Å². The number of halogens is 6. The Balaban J connectivity index is 2.72. The molecule has 3 atom stereocenters. The van der Waals surface area contributed by atoms with Gasteiger partial charge in [-0.15, -0.1) is 23.2 Å². The van der Waals surface area contributed by atoms with Gasteiger partial charge in [-0.3, -0.25) is 0 Å². The molecule has 0 aliphatic heterocycles. The minimum Gasteiger partial charge on any atom is -0.198 e. The highest BCUT2D eigenvalue weighted by molar-refractivity contribution is 6.65. The van der Waals surface area contributed by atoms with Crippen LogP contribution in [0.5, 0.6) is 0 Å². The molecule has 0 aromatic carbocycles. The molecular formula is C8H3Cl6N. The molecule has 0 saturated heterocycles. The molecule has 15 heavy (non-hydrogen) atoms. The predicted octanol–water partition coefficient (Wildman–Crippen LogP) is 4.36. The molecule has 7 heteroatoms. The number of fused-ring (bicyclic) bond motifs is 2. The Morgan fingerprint density at radius 3 is 2.00 bits per heavy atom. The maximum Gasteiger partial charge on any atom is 0.167 e. The number of nitrogens with zero attached hydrogens (tertiary/aromatic N) is 1. The Bertz CT molecular complexity index is 410. The van der Waals surface area contributed by atoms with E-state index in [1.165, 1.54) is 0 Å². The SMILES string of the molecule is N#C[C@H]1C[C@@]2(Cl)C(Cl)=C(Cl)[C@]1(Cl)C2(Cl)Cl. The quantitative estimate of drug-likeness (QED) is 0.607. The lowest BCUT2D eigenvalue weighted by Gasteiger charge is -2.31. The molecule has 0 heterocycles. The molecule has 2 bridgehead atoms. The van der Waals surface area contributed by atoms with Crippen molar-refractivity contribution in [2.75, 3.05) is 0 Å². The van der Waals surface area contributed by atoms with Gasteiger partial charge in [0.15, 0.2) is 4.33 Å². The van der Waals surface area contributed by atoms with Crippen LogP contribution in [0.1, 0.15) is 6.42 Å². The fourth-order valence-corrected chi connectivity index (χ4v) is 4.76. The Labute approximate surface area is 117 Å². The monoisotopic (exact) mass is 323 g/mol. The van der Waals surface area contributed by atoms with Gasteiger partial charge in [0, 0.05) is 0 Å². The number of hydrogen-bond donors (Lipinski definition) is 0. The average molecular weight is 326 g/mol. The van der Waals surface area contributed by atoms with Gasteiger partial charge in [-0.1, -0.05) is 46.4 Å². The molecule has 82 valence electrons. The highest BCUT2D eigenvalue weighted by atomic mass is 35.5. The van der Waals surface area contributed by atoms with Gasteiger partial charge in [0.1, 0.15) is 9.75 Å². The number of hydrogen-bond acceptors (Lipinski definition) is 1. The lowest BCUT2D eigenvalue weighted by atomic mass is 9.94. The van der Waals surface area contributed by atoms with Crippen LogP contribution in [0.15, 0.2) is 10.1 Å². The summed E-state index contributed by atoms with van der Waals surface area (Å²) in [6.45, 7) is 0. The molecule has 0 amide bonds. The summed E-state index contributed by atoms with van der Waals surface area (Å²) in [6.07, 6.45) is 0.191. The maximum atomic E-state index is 8.97. The van der Waals surface area contributed by atoms with E-state index in [-0.39, 0.29) is 16.5 Å². The van der Waals surface area contributed by atoms with Crippen LogP contribution in [0.3, 0.4) is 0 Å². The Kier molecular flexibility index (Phi) is 2.69. The fraction of sp³-hybridized carbons (Fsp3) is 0.625. The van der Waals surface area contributed by atoms with E-state index in [1.54, 1.807) is 0 Å². The van der Waals surface area contributed by atoms with E-state index >= 15 is 0 Å². The molecule has 0 spiro atoms. The van der Waals surface area contributed by atoms with Crippen LogP contribution in [0.2, 0.25) is 0 Å². The van der Waals surface area contributed by atoms with Gasteiger partial charge in [0.25, 0.3) is 0 Å². The van der Waals surface area contributed by atoms with E-state index in [2.05, 4.69) is 0 Å². The van der Waals surface area contributed by atoms with Crippen molar-refractivity contribution in [2.45, 2.75) is 20.5 Å². The zero-order valence-corrected chi connectivity index (χ0v) is 11.5. The van der Waals surface area contributed by atoms with E-state index < -0.39 is 20.0 Å². The molecule has 0 aromatic heterocycles. The maximum absolute atomic E-state index is 8.97. The van der Waals surface area contributed by atoms with Crippen molar-refractivity contribution in [3.8, 4) is 6.07 Å². The standard InChI is InChI=1S/C8H3Cl6N/c9-4-5(10)7(12)3(2-15)1-6(4,11)8(7,13)14/h3H,1H2/t3-,6-,7+/m1/s1. The predicted molar refractivity (Wildman–Crippen MR) is 64.1 cm³/mol. The van der Waals surface area contributed by atoms with Crippen molar-refractivity contribution in [3.63, 3.8) is 0 Å². The first-order valence-corrected chi connectivity index (χ1v) is 6.21. The summed E-state index contributed by atoms with van der Waals surface area (Å²) in [5.41, 5.74) is 0. The molecule has 2 rings (SSSR count). The summed E-state index contributed by atoms with van der Waals surface area (Å²) in [5, 5.41) is 9.18. The van der Waals surface area contributed by atoms with Crippen LogP contribution in [0, 0.1) is 17.2 Å². The number of alkyl halides is 4. The first-order valence-electron chi connectivity index (χ1n) is 3.95. The second-order valence-corrected chi connectivity index (χ2v) is 6.93. The minimum absolute atomic E-state index is 0.0728. The van der Waals surface area contributed by atoms with Gasteiger partial charge in [0.05, 0.1) is 22.1 Å². The van der Waals surface area contributed by atoms with Gasteiger partial charge in [0.2, 0.25) is 0 Å². The normalized spacial score (nSPS) is 47.1. The third-order valence-corrected chi connectivity index (χ3v) is 7.22. The lowest BCUT2D eigenvalue weighted by molar-refractivity contribution is 0.579. The molecule has 2 aliphatic carbocycles. The van der Waals surface area contributed by atoms with E-state index in [0.29, 0.717) is 0 Å². The summed E-state index contributed by atoms with van der Waals surface area (Å²) < 4.78 is -1.57. The summed E-state index contributed by atoms with van der Waals surface area (Å²) in [5.74, 6) is -0.651. The van der Waals surface area contributed by atoms with E-state index in [4.69, 9.17) is 74.9 Å². The van der Waals surface area contributed by atoms with Crippen molar-refractivity contribution in [2.24, 2.45) is 5.92 Å². The Morgan fingerprint density at radius 2 is 1.67 bits per heavy atom. The molecule has 0 N–H and O–H groups in total. The number of nitriles is 1. The van der Waals surface area contributed by atoms with Crippen molar-refractivity contribution in [1.82, 2.24) is 0 Å². The van der Waals surface area contributed by atoms with Gasteiger partial charge < -0.3 is 0 Å². The molecule has 0 radical (unpaired) electrons. The molecule has 0 unspecified atom stereocenters. The topological polar surface area (TPSA) is 23.8 Å². The lowest BCUT2D eigenvalue weighted by Crippen LogP contribution is -2.44. The van der Waals surface area contributed by atoms with Crippen LogP contribution in [-0.2, 0) is 0 Å². The van der Waals surface area contributed by atoms with Crippen molar-refractivity contribution in [1.29, 1.82) is 5.26 Å². The largest absolute Gasteiger partial charge is 0.198 e. The number of allylic oxidation sites excluding steroid dienone is 2. The van der Waals surface area contributed by atoms with E-state index in [9.17, 15) is 0 Å². The molecule has 1 saturated carbocycles. The average Bonchev–Trinajstić information content (AvgIpc) is 2.39. The molecule has 2 aliphatic rings. The van der Waals surface area contributed by atoms with Crippen molar-refractivity contribution in [3.05, 3.63) is 10.1 Å². The van der Waals surface area contributed by atoms with E-state index in [0.717, 1.165) is 0 Å². The molecule has 0 aromatic rings.